The highest BCUT2D eigenvalue weighted by molar-refractivity contribution is 5.99. The third-order valence-electron chi connectivity index (χ3n) is 3.85. The summed E-state index contributed by atoms with van der Waals surface area (Å²) in [6, 6.07) is 12.0. The molecule has 0 saturated heterocycles. The van der Waals surface area contributed by atoms with Crippen LogP contribution in [0.5, 0.6) is 5.75 Å². The first-order valence-corrected chi connectivity index (χ1v) is 8.05. The van der Waals surface area contributed by atoms with E-state index in [1.807, 2.05) is 63.0 Å². The van der Waals surface area contributed by atoms with Crippen LogP contribution in [0.3, 0.4) is 0 Å². The molecule has 0 unspecified atom stereocenters. The summed E-state index contributed by atoms with van der Waals surface area (Å²) in [5.74, 6) is 1.62. The van der Waals surface area contributed by atoms with E-state index in [1.54, 1.807) is 0 Å². The maximum atomic E-state index is 5.65. The zero-order chi connectivity index (χ0) is 17.1. The number of fused-ring (bicyclic) bond motifs is 1. The third-order valence-corrected chi connectivity index (χ3v) is 3.85. The number of ether oxygens (including phenoxy) is 1. The summed E-state index contributed by atoms with van der Waals surface area (Å²) in [6.45, 7) is 6.60. The van der Waals surface area contributed by atoms with Crippen molar-refractivity contribution in [3.8, 4) is 5.75 Å². The molecule has 0 aliphatic heterocycles. The number of benzene rings is 2. The minimum atomic E-state index is 0.626. The van der Waals surface area contributed by atoms with Gasteiger partial charge in [-0.2, -0.15) is 0 Å². The second-order valence-corrected chi connectivity index (χ2v) is 5.71. The van der Waals surface area contributed by atoms with E-state index in [1.165, 1.54) is 0 Å². The lowest BCUT2D eigenvalue weighted by Gasteiger charge is -2.12. The molecule has 124 valence electrons. The number of rotatable bonds is 4. The van der Waals surface area contributed by atoms with Gasteiger partial charge >= 0.3 is 0 Å². The van der Waals surface area contributed by atoms with Gasteiger partial charge in [-0.25, -0.2) is 9.98 Å². The normalized spacial score (nSPS) is 11.8. The van der Waals surface area contributed by atoms with E-state index in [4.69, 9.17) is 9.73 Å². The second-order valence-electron chi connectivity index (χ2n) is 5.71. The van der Waals surface area contributed by atoms with Gasteiger partial charge in [0.15, 0.2) is 0 Å². The molecule has 5 heteroatoms. The van der Waals surface area contributed by atoms with Crippen LogP contribution in [0, 0.1) is 6.92 Å². The highest BCUT2D eigenvalue weighted by Crippen LogP contribution is 2.29. The smallest absolute Gasteiger partial charge is 0.142 e. The largest absolute Gasteiger partial charge is 0.492 e. The Kier molecular flexibility index (Phi) is 4.51. The molecule has 0 bridgehead atoms. The van der Waals surface area contributed by atoms with Gasteiger partial charge in [-0.3, -0.25) is 0 Å². The molecule has 0 aliphatic carbocycles. The predicted octanol–water partition coefficient (Wildman–Crippen LogP) is 4.44. The van der Waals surface area contributed by atoms with Crippen LogP contribution < -0.4 is 10.1 Å². The second kappa shape index (κ2) is 6.74. The Hall–Kier alpha value is -2.82. The molecule has 1 heterocycles. The summed E-state index contributed by atoms with van der Waals surface area (Å²) >= 11 is 0. The monoisotopic (exact) mass is 322 g/mol. The topological polar surface area (TPSA) is 51.4 Å². The Labute approximate surface area is 142 Å². The molecule has 0 radical (unpaired) electrons. The Morgan fingerprint density at radius 1 is 1.25 bits per heavy atom. The summed E-state index contributed by atoms with van der Waals surface area (Å²) in [7, 11) is 1.99. The van der Waals surface area contributed by atoms with E-state index >= 15 is 0 Å². The molecule has 24 heavy (non-hydrogen) atoms. The number of nitrogens with zero attached hydrogens (tertiary/aromatic N) is 3. The molecule has 0 saturated carbocycles. The number of para-hydroxylation sites is 2. The first kappa shape index (κ1) is 16.1. The number of anilines is 1. The SMILES string of the molecule is CCOc1ccccc1NC(C)=Nc1c(C)ccc2c1ncn2C. The van der Waals surface area contributed by atoms with Crippen LogP contribution in [0.2, 0.25) is 0 Å². The minimum Gasteiger partial charge on any atom is -0.492 e. The number of amidine groups is 1. The molecule has 0 spiro atoms. The number of nitrogens with one attached hydrogen (secondary N) is 1. The molecule has 5 nitrogen and oxygen atoms in total. The maximum absolute atomic E-state index is 5.65. The number of aryl methyl sites for hydroxylation is 2. The van der Waals surface area contributed by atoms with Crippen molar-refractivity contribution in [2.45, 2.75) is 20.8 Å². The molecule has 1 aromatic heterocycles. The van der Waals surface area contributed by atoms with Crippen LogP contribution in [-0.4, -0.2) is 22.0 Å². The molecule has 3 aromatic rings. The summed E-state index contributed by atoms with van der Waals surface area (Å²) in [4.78, 5) is 9.26. The lowest BCUT2D eigenvalue weighted by Crippen LogP contribution is -2.08. The average Bonchev–Trinajstić information content (AvgIpc) is 2.94. The van der Waals surface area contributed by atoms with Gasteiger partial charge in [0.1, 0.15) is 17.1 Å². The lowest BCUT2D eigenvalue weighted by molar-refractivity contribution is 0.342. The maximum Gasteiger partial charge on any atom is 0.142 e. The molecule has 0 fully saturated rings. The summed E-state index contributed by atoms with van der Waals surface area (Å²) < 4.78 is 7.65. The van der Waals surface area contributed by atoms with Crippen molar-refractivity contribution < 1.29 is 4.74 Å². The van der Waals surface area contributed by atoms with E-state index in [9.17, 15) is 0 Å². The summed E-state index contributed by atoms with van der Waals surface area (Å²) in [5, 5.41) is 3.33. The highest BCUT2D eigenvalue weighted by atomic mass is 16.5. The van der Waals surface area contributed by atoms with E-state index in [0.29, 0.717) is 6.61 Å². The number of imidazole rings is 1. The van der Waals surface area contributed by atoms with Crippen LogP contribution in [0.4, 0.5) is 11.4 Å². The van der Waals surface area contributed by atoms with Gasteiger partial charge in [0.05, 0.1) is 29.8 Å². The number of hydrogen-bond donors (Lipinski definition) is 1. The zero-order valence-electron chi connectivity index (χ0n) is 14.5. The third kappa shape index (κ3) is 3.11. The average molecular weight is 322 g/mol. The first-order valence-electron chi connectivity index (χ1n) is 8.05. The van der Waals surface area contributed by atoms with Gasteiger partial charge < -0.3 is 14.6 Å². The quantitative estimate of drug-likeness (QED) is 0.570. The molecule has 1 N–H and O–H groups in total. The molecule has 2 aromatic carbocycles. The fourth-order valence-electron chi connectivity index (χ4n) is 2.67. The van der Waals surface area contributed by atoms with Crippen molar-refractivity contribution >= 4 is 28.2 Å². The molecule has 0 aliphatic rings. The van der Waals surface area contributed by atoms with E-state index < -0.39 is 0 Å². The first-order chi connectivity index (χ1) is 11.6. The Morgan fingerprint density at radius 2 is 2.04 bits per heavy atom. The fourth-order valence-corrected chi connectivity index (χ4v) is 2.67. The van der Waals surface area contributed by atoms with Crippen molar-refractivity contribution in [1.82, 2.24) is 9.55 Å². The predicted molar refractivity (Wildman–Crippen MR) is 99.5 cm³/mol. The Bertz CT molecular complexity index is 896. The van der Waals surface area contributed by atoms with Gasteiger partial charge in [0, 0.05) is 7.05 Å². The lowest BCUT2D eigenvalue weighted by atomic mass is 10.1. The molecule has 0 atom stereocenters. The van der Waals surface area contributed by atoms with Crippen molar-refractivity contribution in [3.63, 3.8) is 0 Å². The van der Waals surface area contributed by atoms with Crippen molar-refractivity contribution in [1.29, 1.82) is 0 Å². The fraction of sp³-hybridized carbons (Fsp3) is 0.263. The van der Waals surface area contributed by atoms with Crippen LogP contribution >= 0.6 is 0 Å². The van der Waals surface area contributed by atoms with Gasteiger partial charge in [0.25, 0.3) is 0 Å². The van der Waals surface area contributed by atoms with Crippen LogP contribution in [0.1, 0.15) is 19.4 Å². The van der Waals surface area contributed by atoms with Gasteiger partial charge in [0.2, 0.25) is 0 Å². The number of aromatic nitrogens is 2. The van der Waals surface area contributed by atoms with Crippen molar-refractivity contribution in [3.05, 3.63) is 48.3 Å². The van der Waals surface area contributed by atoms with Gasteiger partial charge in [-0.15, -0.1) is 0 Å². The molecule has 0 amide bonds. The van der Waals surface area contributed by atoms with E-state index in [2.05, 4.69) is 22.4 Å². The van der Waals surface area contributed by atoms with Crippen LogP contribution in [-0.2, 0) is 7.05 Å². The standard InChI is InChI=1S/C19H22N4O/c1-5-24-17-9-7-6-8-15(17)21-14(3)22-18-13(2)10-11-16-19(18)20-12-23(16)4/h6-12H,5H2,1-4H3,(H,21,22). The highest BCUT2D eigenvalue weighted by Gasteiger charge is 2.09. The molecule has 3 rings (SSSR count). The molecular weight excluding hydrogens is 300 g/mol. The van der Waals surface area contributed by atoms with Crippen LogP contribution in [0.25, 0.3) is 11.0 Å². The van der Waals surface area contributed by atoms with Crippen molar-refractivity contribution in [2.75, 3.05) is 11.9 Å². The number of aliphatic imine (C=N–C) groups is 1. The summed E-state index contributed by atoms with van der Waals surface area (Å²) in [5.41, 5.74) is 4.89. The Morgan fingerprint density at radius 3 is 2.83 bits per heavy atom. The number of hydrogen-bond acceptors (Lipinski definition) is 3. The molecular formula is C19H22N4O. The van der Waals surface area contributed by atoms with Crippen molar-refractivity contribution in [2.24, 2.45) is 12.0 Å². The zero-order valence-corrected chi connectivity index (χ0v) is 14.5. The minimum absolute atomic E-state index is 0.626. The van der Waals surface area contributed by atoms with Gasteiger partial charge in [-0.05, 0) is 44.5 Å². The van der Waals surface area contributed by atoms with Crippen LogP contribution in [0.15, 0.2) is 47.7 Å². The van der Waals surface area contributed by atoms with Gasteiger partial charge in [-0.1, -0.05) is 18.2 Å². The van der Waals surface area contributed by atoms with E-state index in [0.717, 1.165) is 39.6 Å². The Balaban J connectivity index is 1.96. The van der Waals surface area contributed by atoms with E-state index in [-0.39, 0.29) is 0 Å². The summed E-state index contributed by atoms with van der Waals surface area (Å²) in [6.07, 6.45) is 1.82.